The highest BCUT2D eigenvalue weighted by Gasteiger charge is 2.26. The molecule has 2 heterocycles. The topological polar surface area (TPSA) is 119 Å². The van der Waals surface area contributed by atoms with Crippen molar-refractivity contribution < 1.29 is 23.6 Å². The van der Waals surface area contributed by atoms with E-state index in [-0.39, 0.29) is 24.0 Å². The summed E-state index contributed by atoms with van der Waals surface area (Å²) in [6.07, 6.45) is 0. The van der Waals surface area contributed by atoms with Crippen LogP contribution in [0.2, 0.25) is 0 Å². The van der Waals surface area contributed by atoms with Crippen LogP contribution in [0.3, 0.4) is 0 Å². The molecular formula is C19H24N4O6. The molecule has 156 valence electrons. The maximum Gasteiger partial charge on any atom is 0.319 e. The number of carbonyl (C=O) groups excluding carboxylic acids is 1. The number of ether oxygens (including phenoxy) is 2. The molecule has 0 unspecified atom stereocenters. The molecule has 0 bridgehead atoms. The first-order chi connectivity index (χ1) is 14.0. The van der Waals surface area contributed by atoms with Crippen LogP contribution in [0.5, 0.6) is 5.75 Å². The number of anilines is 1. The van der Waals surface area contributed by atoms with E-state index in [4.69, 9.17) is 13.9 Å². The Balaban J connectivity index is 1.68. The van der Waals surface area contributed by atoms with Crippen LogP contribution in [0.1, 0.15) is 17.6 Å². The molecular weight excluding hydrogens is 380 g/mol. The number of nitro benzene ring substituents is 1. The highest BCUT2D eigenvalue weighted by Crippen LogP contribution is 2.29. The molecule has 1 aromatic heterocycles. The summed E-state index contributed by atoms with van der Waals surface area (Å²) in [5.74, 6) is 1.87. The Hall–Kier alpha value is -3.11. The lowest BCUT2D eigenvalue weighted by Crippen LogP contribution is -2.44. The molecule has 1 aliphatic heterocycles. The van der Waals surface area contributed by atoms with Crippen LogP contribution in [0.4, 0.5) is 16.2 Å². The van der Waals surface area contributed by atoms with Gasteiger partial charge in [-0.1, -0.05) is 0 Å². The van der Waals surface area contributed by atoms with E-state index >= 15 is 0 Å². The van der Waals surface area contributed by atoms with Crippen LogP contribution in [0.15, 0.2) is 34.7 Å². The molecule has 3 rings (SSSR count). The van der Waals surface area contributed by atoms with Crippen LogP contribution in [-0.4, -0.2) is 55.8 Å². The molecule has 1 atom stereocenters. The van der Waals surface area contributed by atoms with Crippen LogP contribution in [0.25, 0.3) is 0 Å². The molecule has 2 N–H and O–H groups in total. The first-order valence-corrected chi connectivity index (χ1v) is 9.23. The minimum Gasteiger partial charge on any atom is -0.496 e. The third-order valence-corrected chi connectivity index (χ3v) is 4.68. The summed E-state index contributed by atoms with van der Waals surface area (Å²) in [6, 6.07) is 7.31. The Morgan fingerprint density at radius 1 is 1.31 bits per heavy atom. The first-order valence-electron chi connectivity index (χ1n) is 9.23. The summed E-state index contributed by atoms with van der Waals surface area (Å²) in [7, 11) is 1.42. The zero-order valence-corrected chi connectivity index (χ0v) is 16.3. The lowest BCUT2D eigenvalue weighted by molar-refractivity contribution is -0.384. The second-order valence-corrected chi connectivity index (χ2v) is 6.59. The second kappa shape index (κ2) is 9.39. The molecule has 0 aliphatic carbocycles. The number of nitro groups is 1. The van der Waals surface area contributed by atoms with Gasteiger partial charge in [-0.15, -0.1) is 0 Å². The third-order valence-electron chi connectivity index (χ3n) is 4.68. The average molecular weight is 404 g/mol. The van der Waals surface area contributed by atoms with Gasteiger partial charge in [-0.05, 0) is 31.2 Å². The zero-order valence-electron chi connectivity index (χ0n) is 16.3. The zero-order chi connectivity index (χ0) is 20.8. The Bertz CT molecular complexity index is 862. The van der Waals surface area contributed by atoms with Gasteiger partial charge in [0, 0.05) is 19.6 Å². The summed E-state index contributed by atoms with van der Waals surface area (Å²) in [4.78, 5) is 25.3. The molecule has 29 heavy (non-hydrogen) atoms. The smallest absolute Gasteiger partial charge is 0.319 e. The average Bonchev–Trinajstić information content (AvgIpc) is 3.15. The van der Waals surface area contributed by atoms with Crippen LogP contribution in [-0.2, 0) is 4.74 Å². The Kier molecular flexibility index (Phi) is 6.68. The standard InChI is InChI=1S/C19H24N4O6/c1-13-3-6-18(29-13)17(22-7-9-28-10-8-22)12-20-19(24)21-15-5-4-14(27-2)11-16(15)23(25)26/h3-6,11,17H,7-10,12H2,1-2H3,(H2,20,21,24)/t17-/m1/s1. The van der Waals surface area contributed by atoms with Gasteiger partial charge in [0.05, 0.1) is 37.4 Å². The molecule has 1 aliphatic rings. The van der Waals surface area contributed by atoms with Crippen molar-refractivity contribution >= 4 is 17.4 Å². The highest BCUT2D eigenvalue weighted by molar-refractivity contribution is 5.92. The quantitative estimate of drug-likeness (QED) is 0.538. The number of hydrogen-bond donors (Lipinski definition) is 2. The van der Waals surface area contributed by atoms with Crippen LogP contribution >= 0.6 is 0 Å². The van der Waals surface area contributed by atoms with E-state index < -0.39 is 11.0 Å². The van der Waals surface area contributed by atoms with E-state index in [0.29, 0.717) is 19.0 Å². The minimum absolute atomic E-state index is 0.0880. The first kappa shape index (κ1) is 20.6. The Morgan fingerprint density at radius 2 is 2.07 bits per heavy atom. The Labute approximate surface area is 167 Å². The molecule has 0 spiro atoms. The van der Waals surface area contributed by atoms with E-state index in [1.54, 1.807) is 6.07 Å². The summed E-state index contributed by atoms with van der Waals surface area (Å²) in [5.41, 5.74) is -0.157. The fourth-order valence-corrected chi connectivity index (χ4v) is 3.18. The predicted octanol–water partition coefficient (Wildman–Crippen LogP) is 2.70. The van der Waals surface area contributed by atoms with Gasteiger partial charge in [0.15, 0.2) is 0 Å². The number of morpholine rings is 1. The van der Waals surface area contributed by atoms with Gasteiger partial charge in [-0.25, -0.2) is 4.79 Å². The monoisotopic (exact) mass is 404 g/mol. The summed E-state index contributed by atoms with van der Waals surface area (Å²) >= 11 is 0. The fourth-order valence-electron chi connectivity index (χ4n) is 3.18. The normalized spacial score (nSPS) is 15.5. The van der Waals surface area contributed by atoms with E-state index in [0.717, 1.165) is 24.6 Å². The van der Waals surface area contributed by atoms with Crippen molar-refractivity contribution in [3.63, 3.8) is 0 Å². The molecule has 2 amide bonds. The largest absolute Gasteiger partial charge is 0.496 e. The van der Waals surface area contributed by atoms with Gasteiger partial charge in [-0.3, -0.25) is 15.0 Å². The number of methoxy groups -OCH3 is 1. The second-order valence-electron chi connectivity index (χ2n) is 6.59. The maximum atomic E-state index is 12.4. The maximum absolute atomic E-state index is 12.4. The van der Waals surface area contributed by atoms with Gasteiger partial charge < -0.3 is 24.5 Å². The van der Waals surface area contributed by atoms with Crippen molar-refractivity contribution in [3.05, 3.63) is 52.0 Å². The van der Waals surface area contributed by atoms with Crippen molar-refractivity contribution in [2.75, 3.05) is 45.3 Å². The molecule has 10 heteroatoms. The number of nitrogens with one attached hydrogen (secondary N) is 2. The van der Waals surface area contributed by atoms with Crippen molar-refractivity contribution in [1.29, 1.82) is 0 Å². The number of amides is 2. The van der Waals surface area contributed by atoms with Gasteiger partial charge in [0.1, 0.15) is 23.0 Å². The highest BCUT2D eigenvalue weighted by atomic mass is 16.6. The SMILES string of the molecule is COc1ccc(NC(=O)NC[C@H](c2ccc(C)o2)N2CCOCC2)c([N+](=O)[O-])c1. The molecule has 2 aromatic rings. The van der Waals surface area contributed by atoms with E-state index in [2.05, 4.69) is 15.5 Å². The van der Waals surface area contributed by atoms with Gasteiger partial charge in [0.25, 0.3) is 5.69 Å². The lowest BCUT2D eigenvalue weighted by Gasteiger charge is -2.33. The van der Waals surface area contributed by atoms with Crippen LogP contribution < -0.4 is 15.4 Å². The molecule has 0 radical (unpaired) electrons. The molecule has 10 nitrogen and oxygen atoms in total. The lowest BCUT2D eigenvalue weighted by atomic mass is 10.1. The van der Waals surface area contributed by atoms with E-state index in [1.807, 2.05) is 19.1 Å². The summed E-state index contributed by atoms with van der Waals surface area (Å²) in [6.45, 7) is 4.81. The van der Waals surface area contributed by atoms with Crippen molar-refractivity contribution in [2.24, 2.45) is 0 Å². The Morgan fingerprint density at radius 3 is 2.69 bits per heavy atom. The third kappa shape index (κ3) is 5.24. The summed E-state index contributed by atoms with van der Waals surface area (Å²) < 4.78 is 16.2. The van der Waals surface area contributed by atoms with E-state index in [1.165, 1.54) is 19.2 Å². The minimum atomic E-state index is -0.569. The molecule has 0 saturated carbocycles. The molecule has 1 aromatic carbocycles. The van der Waals surface area contributed by atoms with Crippen molar-refractivity contribution in [1.82, 2.24) is 10.2 Å². The molecule has 1 saturated heterocycles. The number of hydrogen-bond acceptors (Lipinski definition) is 7. The van der Waals surface area contributed by atoms with E-state index in [9.17, 15) is 14.9 Å². The van der Waals surface area contributed by atoms with Crippen LogP contribution in [0, 0.1) is 17.0 Å². The number of rotatable bonds is 7. The van der Waals surface area contributed by atoms with Crippen molar-refractivity contribution in [3.8, 4) is 5.75 Å². The summed E-state index contributed by atoms with van der Waals surface area (Å²) in [5, 5.41) is 16.6. The number of urea groups is 1. The van der Waals surface area contributed by atoms with Gasteiger partial charge in [0.2, 0.25) is 0 Å². The fraction of sp³-hybridized carbons (Fsp3) is 0.421. The number of nitrogens with zero attached hydrogens (tertiary/aromatic N) is 2. The predicted molar refractivity (Wildman–Crippen MR) is 105 cm³/mol. The number of furan rings is 1. The van der Waals surface area contributed by atoms with Crippen molar-refractivity contribution in [2.45, 2.75) is 13.0 Å². The van der Waals surface area contributed by atoms with Gasteiger partial charge >= 0.3 is 6.03 Å². The number of carbonyl (C=O) groups is 1. The molecule has 1 fully saturated rings. The van der Waals surface area contributed by atoms with Gasteiger partial charge in [-0.2, -0.15) is 0 Å². The number of aryl methyl sites for hydroxylation is 1. The number of benzene rings is 1.